The van der Waals surface area contributed by atoms with Crippen LogP contribution in [0.25, 0.3) is 27.5 Å². The largest absolute Gasteiger partial charge is 0.497 e. The first-order valence-electron chi connectivity index (χ1n) is 14.5. The van der Waals surface area contributed by atoms with Crippen LogP contribution in [0, 0.1) is 0 Å². The van der Waals surface area contributed by atoms with Gasteiger partial charge in [-0.05, 0) is 91.4 Å². The quantitative estimate of drug-likeness (QED) is 0.153. The molecule has 0 aliphatic heterocycles. The minimum atomic E-state index is 0.0239. The topological polar surface area (TPSA) is 65.3 Å². The van der Waals surface area contributed by atoms with Crippen molar-refractivity contribution in [2.24, 2.45) is 0 Å². The first-order chi connectivity index (χ1) is 21.2. The number of ether oxygens (including phenoxy) is 4. The summed E-state index contributed by atoms with van der Waals surface area (Å²) in [4.78, 5) is 2.25. The van der Waals surface area contributed by atoms with Crippen molar-refractivity contribution in [3.63, 3.8) is 0 Å². The number of hydrogen-bond donors (Lipinski definition) is 1. The molecule has 1 N–H and O–H groups in total. The molecule has 1 aromatic heterocycles. The number of methoxy groups -OCH3 is 2. The molecule has 7 nitrogen and oxygen atoms in total. The number of rotatable bonds is 12. The highest BCUT2D eigenvalue weighted by Gasteiger charge is 2.19. The van der Waals surface area contributed by atoms with Crippen LogP contribution < -0.4 is 14.4 Å². The summed E-state index contributed by atoms with van der Waals surface area (Å²) < 4.78 is 24.5. The van der Waals surface area contributed by atoms with Crippen molar-refractivity contribution >= 4 is 44.6 Å². The maximum absolute atomic E-state index is 8.87. The number of hydrogen-bond acceptors (Lipinski definition) is 6. The summed E-state index contributed by atoms with van der Waals surface area (Å²) in [6.07, 6.45) is 5.91. The summed E-state index contributed by atoms with van der Waals surface area (Å²) in [6.45, 7) is 1.30. The summed E-state index contributed by atoms with van der Waals surface area (Å²) in [5.74, 6) is 2.58. The minimum Gasteiger partial charge on any atom is -0.497 e. The predicted octanol–water partition coefficient (Wildman–Crippen LogP) is 7.83. The molecular formula is C36H36N2O5. The maximum atomic E-state index is 8.87. The molecule has 0 radical (unpaired) electrons. The molecule has 0 fully saturated rings. The Balaban J connectivity index is 1.40. The SMILES string of the molecule is COc1ccc(N(c2ccc(OC)cc2)c2ccc3c(c2)c2ccccc2n3C2=CC=C(OCCOCCO)CC2)cc1. The Labute approximate surface area is 251 Å². The highest BCUT2D eigenvalue weighted by Crippen LogP contribution is 2.41. The summed E-state index contributed by atoms with van der Waals surface area (Å²) >= 11 is 0. The van der Waals surface area contributed by atoms with Crippen LogP contribution in [0.2, 0.25) is 0 Å². The molecule has 1 aliphatic carbocycles. The van der Waals surface area contributed by atoms with Gasteiger partial charge in [0.05, 0.1) is 50.8 Å². The highest BCUT2D eigenvalue weighted by atomic mass is 16.5. The number of allylic oxidation sites excluding steroid dienone is 4. The van der Waals surface area contributed by atoms with Gasteiger partial charge in [0.15, 0.2) is 0 Å². The molecule has 0 saturated carbocycles. The van der Waals surface area contributed by atoms with Gasteiger partial charge >= 0.3 is 0 Å². The smallest absolute Gasteiger partial charge is 0.119 e. The fraction of sp³-hybridized carbons (Fsp3) is 0.222. The van der Waals surface area contributed by atoms with E-state index in [4.69, 9.17) is 24.1 Å². The van der Waals surface area contributed by atoms with Crippen molar-refractivity contribution in [3.05, 3.63) is 109 Å². The van der Waals surface area contributed by atoms with E-state index in [1.807, 2.05) is 24.3 Å². The molecule has 1 aliphatic rings. The van der Waals surface area contributed by atoms with Crippen LogP contribution in [-0.4, -0.2) is 50.3 Å². The Hall–Kier alpha value is -4.72. The van der Waals surface area contributed by atoms with Gasteiger partial charge in [-0.25, -0.2) is 0 Å². The average Bonchev–Trinajstić information content (AvgIpc) is 3.39. The second kappa shape index (κ2) is 13.1. The number of para-hydroxylation sites is 1. The molecular weight excluding hydrogens is 540 g/mol. The van der Waals surface area contributed by atoms with Crippen LogP contribution in [0.15, 0.2) is 109 Å². The van der Waals surface area contributed by atoms with Crippen LogP contribution in [-0.2, 0) is 9.47 Å². The van der Waals surface area contributed by atoms with Gasteiger partial charge in [0.25, 0.3) is 0 Å². The number of aromatic nitrogens is 1. The average molecular weight is 577 g/mol. The van der Waals surface area contributed by atoms with E-state index in [9.17, 15) is 0 Å². The van der Waals surface area contributed by atoms with Gasteiger partial charge in [-0.2, -0.15) is 0 Å². The van der Waals surface area contributed by atoms with Crippen molar-refractivity contribution in [2.45, 2.75) is 12.8 Å². The van der Waals surface area contributed by atoms with Crippen LogP contribution >= 0.6 is 0 Å². The van der Waals surface area contributed by atoms with Crippen LogP contribution in [0.1, 0.15) is 12.8 Å². The van der Waals surface area contributed by atoms with E-state index in [1.54, 1.807) is 14.2 Å². The summed E-state index contributed by atoms with van der Waals surface area (Å²) in [6, 6.07) is 31.5. The van der Waals surface area contributed by atoms with E-state index in [0.717, 1.165) is 52.7 Å². The zero-order valence-electron chi connectivity index (χ0n) is 24.5. The molecule has 0 spiro atoms. The van der Waals surface area contributed by atoms with Crippen LogP contribution in [0.4, 0.5) is 17.1 Å². The second-order valence-electron chi connectivity index (χ2n) is 10.3. The van der Waals surface area contributed by atoms with E-state index in [2.05, 4.69) is 88.3 Å². The Morgan fingerprint density at radius 3 is 1.95 bits per heavy atom. The summed E-state index contributed by atoms with van der Waals surface area (Å²) in [7, 11) is 3.36. The molecule has 6 rings (SSSR count). The molecule has 1 heterocycles. The van der Waals surface area contributed by atoms with Crippen LogP contribution in [0.3, 0.4) is 0 Å². The molecule has 0 atom stereocenters. The molecule has 0 unspecified atom stereocenters. The molecule has 7 heteroatoms. The third-order valence-electron chi connectivity index (χ3n) is 7.70. The number of nitrogens with zero attached hydrogens (tertiary/aromatic N) is 2. The molecule has 5 aromatic rings. The van der Waals surface area contributed by atoms with E-state index in [-0.39, 0.29) is 6.61 Å². The van der Waals surface area contributed by atoms with Gasteiger partial charge in [-0.15, -0.1) is 0 Å². The molecule has 4 aromatic carbocycles. The van der Waals surface area contributed by atoms with Gasteiger partial charge in [0, 0.05) is 40.0 Å². The maximum Gasteiger partial charge on any atom is 0.119 e. The van der Waals surface area contributed by atoms with Crippen molar-refractivity contribution in [1.82, 2.24) is 4.57 Å². The van der Waals surface area contributed by atoms with E-state index >= 15 is 0 Å². The monoisotopic (exact) mass is 576 g/mol. The van der Waals surface area contributed by atoms with E-state index in [1.165, 1.54) is 22.0 Å². The fourth-order valence-corrected chi connectivity index (χ4v) is 5.63. The Kier molecular flexibility index (Phi) is 8.63. The van der Waals surface area contributed by atoms with Crippen LogP contribution in [0.5, 0.6) is 11.5 Å². The lowest BCUT2D eigenvalue weighted by Gasteiger charge is -2.26. The summed E-state index contributed by atoms with van der Waals surface area (Å²) in [5.41, 5.74) is 6.69. The molecule has 43 heavy (non-hydrogen) atoms. The normalized spacial score (nSPS) is 13.1. The Bertz CT molecular complexity index is 1710. The third kappa shape index (κ3) is 5.95. The second-order valence-corrected chi connectivity index (χ2v) is 10.3. The number of aliphatic hydroxyl groups excluding tert-OH is 1. The molecule has 0 bridgehead atoms. The number of anilines is 3. The minimum absolute atomic E-state index is 0.0239. The molecule has 0 amide bonds. The van der Waals surface area contributed by atoms with E-state index < -0.39 is 0 Å². The van der Waals surface area contributed by atoms with Gasteiger partial charge in [0.2, 0.25) is 0 Å². The molecule has 220 valence electrons. The number of fused-ring (bicyclic) bond motifs is 3. The van der Waals surface area contributed by atoms with Gasteiger partial charge < -0.3 is 33.5 Å². The van der Waals surface area contributed by atoms with Gasteiger partial charge in [-0.1, -0.05) is 18.2 Å². The lowest BCUT2D eigenvalue weighted by molar-refractivity contribution is 0.0522. The van der Waals surface area contributed by atoms with Crippen molar-refractivity contribution in [3.8, 4) is 11.5 Å². The standard InChI is InChI=1S/C36H36N2O5/c1-40-30-14-7-26(8-15-30)37(27-9-16-31(41-2)17-10-27)29-13-20-36-34(25-29)33-5-3-4-6-35(33)38(36)28-11-18-32(19-12-28)43-24-23-42-22-21-39/h3-11,13-18,20,25,39H,12,19,21-24H2,1-2H3. The lowest BCUT2D eigenvalue weighted by Crippen LogP contribution is -2.10. The number of benzene rings is 4. The first-order valence-corrected chi connectivity index (χ1v) is 14.5. The van der Waals surface area contributed by atoms with Crippen molar-refractivity contribution in [1.29, 1.82) is 0 Å². The highest BCUT2D eigenvalue weighted by molar-refractivity contribution is 6.11. The third-order valence-corrected chi connectivity index (χ3v) is 7.70. The zero-order chi connectivity index (χ0) is 29.6. The first kappa shape index (κ1) is 28.4. The lowest BCUT2D eigenvalue weighted by atomic mass is 10.1. The summed E-state index contributed by atoms with van der Waals surface area (Å²) in [5, 5.41) is 11.3. The van der Waals surface area contributed by atoms with Crippen molar-refractivity contribution in [2.75, 3.05) is 45.5 Å². The molecule has 0 saturated heterocycles. The van der Waals surface area contributed by atoms with Gasteiger partial charge in [0.1, 0.15) is 18.1 Å². The van der Waals surface area contributed by atoms with E-state index in [0.29, 0.717) is 19.8 Å². The number of aliphatic hydroxyl groups is 1. The Morgan fingerprint density at radius 2 is 1.33 bits per heavy atom. The zero-order valence-corrected chi connectivity index (χ0v) is 24.5. The predicted molar refractivity (Wildman–Crippen MR) is 173 cm³/mol. The van der Waals surface area contributed by atoms with Crippen molar-refractivity contribution < 1.29 is 24.1 Å². The van der Waals surface area contributed by atoms with Gasteiger partial charge in [-0.3, -0.25) is 0 Å². The Morgan fingerprint density at radius 1 is 0.674 bits per heavy atom. The fourth-order valence-electron chi connectivity index (χ4n) is 5.63.